The molecule has 0 saturated carbocycles. The van der Waals surface area contributed by atoms with Crippen LogP contribution in [0.2, 0.25) is 0 Å². The molecule has 4 N–H and O–H groups in total. The molecule has 0 unspecified atom stereocenters. The van der Waals surface area contributed by atoms with Crippen molar-refractivity contribution in [3.05, 3.63) is 88.5 Å². The van der Waals surface area contributed by atoms with Gasteiger partial charge in [-0.1, -0.05) is 64.3 Å². The predicted molar refractivity (Wildman–Crippen MR) is 207 cm³/mol. The third-order valence-corrected chi connectivity index (χ3v) is 10.1. The van der Waals surface area contributed by atoms with Crippen molar-refractivity contribution in [1.29, 1.82) is 0 Å². The number of H-pyrrole nitrogens is 2. The minimum absolute atomic E-state index is 0.00169. The first-order valence-electron chi connectivity index (χ1n) is 18.0. The lowest BCUT2D eigenvalue weighted by Gasteiger charge is -2.07. The first-order chi connectivity index (χ1) is 24.1. The summed E-state index contributed by atoms with van der Waals surface area (Å²) in [5.74, 6) is -0.816. The average molecular weight is 674 g/mol. The maximum Gasteiger partial charge on any atom is 0.303 e. The fraction of sp³-hybridized carbons (Fsp3) is 0.381. The predicted octanol–water partition coefficient (Wildman–Crippen LogP) is 9.90. The van der Waals surface area contributed by atoms with Crippen LogP contribution >= 0.6 is 0 Å². The van der Waals surface area contributed by atoms with Crippen LogP contribution in [0.4, 0.5) is 0 Å². The van der Waals surface area contributed by atoms with Gasteiger partial charge in [-0.2, -0.15) is 0 Å². The standard InChI is InChI=1S/C42H51N5O3/c1-8-11-12-13-14-15-20-43-41(48)18-16-31-27(6)34-21-33-25(4)29(9-2)37(44-33)22-35-26(5)30(10-3)38(45-35)23-36-28(7)32(17-19-42(49)50)40(47-36)24-39(31)46-34/h9-10,21-24,44,47H,2-3,8,11-20H2,1,4-7H3,(H,43,48)(H,49,50). The molecule has 2 aliphatic heterocycles. The number of hydrogen-bond donors (Lipinski definition) is 4. The summed E-state index contributed by atoms with van der Waals surface area (Å²) in [6.07, 6.45) is 12.0. The van der Waals surface area contributed by atoms with E-state index in [1.54, 1.807) is 0 Å². The molecule has 3 aromatic heterocycles. The Hall–Kier alpha value is -4.98. The van der Waals surface area contributed by atoms with Gasteiger partial charge in [-0.15, -0.1) is 0 Å². The molecule has 5 heterocycles. The Morgan fingerprint density at radius 3 is 2.08 bits per heavy atom. The molecule has 0 aliphatic carbocycles. The van der Waals surface area contributed by atoms with E-state index in [1.807, 2.05) is 38.1 Å². The first-order valence-corrected chi connectivity index (χ1v) is 18.0. The van der Waals surface area contributed by atoms with Crippen LogP contribution < -0.4 is 5.32 Å². The second-order valence-electron chi connectivity index (χ2n) is 13.5. The van der Waals surface area contributed by atoms with Crippen molar-refractivity contribution in [1.82, 2.24) is 25.3 Å². The Labute approximate surface area is 295 Å². The molecule has 262 valence electrons. The van der Waals surface area contributed by atoms with Crippen LogP contribution in [0.5, 0.6) is 0 Å². The maximum absolute atomic E-state index is 13.0. The number of aryl methyl sites for hydroxylation is 3. The lowest BCUT2D eigenvalue weighted by molar-refractivity contribution is -0.137. The molecule has 0 fully saturated rings. The fourth-order valence-corrected chi connectivity index (χ4v) is 7.00. The molecule has 2 aliphatic rings. The van der Waals surface area contributed by atoms with Gasteiger partial charge in [-0.25, -0.2) is 9.97 Å². The van der Waals surface area contributed by atoms with E-state index >= 15 is 0 Å². The summed E-state index contributed by atoms with van der Waals surface area (Å²) >= 11 is 0. The monoisotopic (exact) mass is 673 g/mol. The first kappa shape index (κ1) is 36.3. The van der Waals surface area contributed by atoms with Crippen LogP contribution in [0.1, 0.15) is 124 Å². The zero-order chi connectivity index (χ0) is 35.9. The minimum Gasteiger partial charge on any atom is -0.481 e. The van der Waals surface area contributed by atoms with E-state index < -0.39 is 5.97 Å². The number of carboxylic acid groups (broad SMARTS) is 1. The maximum atomic E-state index is 13.0. The topological polar surface area (TPSA) is 124 Å². The second-order valence-corrected chi connectivity index (χ2v) is 13.5. The van der Waals surface area contributed by atoms with Crippen LogP contribution in [0.15, 0.2) is 43.5 Å². The van der Waals surface area contributed by atoms with Gasteiger partial charge in [0.15, 0.2) is 0 Å². The van der Waals surface area contributed by atoms with Crippen molar-refractivity contribution in [2.75, 3.05) is 6.54 Å². The van der Waals surface area contributed by atoms with Crippen LogP contribution in [0.25, 0.3) is 50.4 Å². The van der Waals surface area contributed by atoms with Crippen molar-refractivity contribution >= 4 is 62.3 Å². The van der Waals surface area contributed by atoms with Gasteiger partial charge in [0.2, 0.25) is 5.91 Å². The van der Waals surface area contributed by atoms with E-state index in [2.05, 4.69) is 61.3 Å². The molecule has 50 heavy (non-hydrogen) atoms. The number of nitrogens with one attached hydrogen (secondary N) is 3. The van der Waals surface area contributed by atoms with Gasteiger partial charge in [-0.05, 0) is 105 Å². The van der Waals surface area contributed by atoms with Crippen molar-refractivity contribution in [3.63, 3.8) is 0 Å². The molecule has 0 saturated heterocycles. The zero-order valence-corrected chi connectivity index (χ0v) is 30.3. The Morgan fingerprint density at radius 2 is 1.36 bits per heavy atom. The van der Waals surface area contributed by atoms with Crippen molar-refractivity contribution in [2.24, 2.45) is 0 Å². The number of aliphatic carboxylic acids is 1. The molecule has 8 heteroatoms. The van der Waals surface area contributed by atoms with Gasteiger partial charge < -0.3 is 20.4 Å². The molecular formula is C42H51N5O3. The number of carbonyl (C=O) groups excluding carboxylic acids is 1. The van der Waals surface area contributed by atoms with Gasteiger partial charge in [0, 0.05) is 52.6 Å². The molecule has 3 aromatic rings. The smallest absolute Gasteiger partial charge is 0.303 e. The van der Waals surface area contributed by atoms with Gasteiger partial charge in [0.25, 0.3) is 0 Å². The SMILES string of the molecule is C=CC1=C(C)c2cc3[nH]c(cc4nc(cc5[nH]c(cc1n2)c(C)c5CCC(=O)O)C(CCC(=O)NCCCCCCCC)=C4C)c(C)c3C=C. The lowest BCUT2D eigenvalue weighted by atomic mass is 10.00. The number of nitrogens with zero attached hydrogens (tertiary/aromatic N) is 2. The lowest BCUT2D eigenvalue weighted by Crippen LogP contribution is -2.24. The zero-order valence-electron chi connectivity index (χ0n) is 30.3. The highest BCUT2D eigenvalue weighted by atomic mass is 16.4. The van der Waals surface area contributed by atoms with Crippen LogP contribution in [-0.4, -0.2) is 43.5 Å². The number of allylic oxidation sites excluding steroid dienone is 5. The van der Waals surface area contributed by atoms with Crippen molar-refractivity contribution < 1.29 is 14.7 Å². The number of amides is 1. The summed E-state index contributed by atoms with van der Waals surface area (Å²) in [5, 5.41) is 12.7. The van der Waals surface area contributed by atoms with Gasteiger partial charge in [-0.3, -0.25) is 9.59 Å². The number of aromatic amines is 2. The van der Waals surface area contributed by atoms with E-state index in [9.17, 15) is 14.7 Å². The van der Waals surface area contributed by atoms with E-state index in [4.69, 9.17) is 9.97 Å². The normalized spacial score (nSPS) is 12.8. The highest BCUT2D eigenvalue weighted by Gasteiger charge is 2.21. The fourth-order valence-electron chi connectivity index (χ4n) is 7.00. The van der Waals surface area contributed by atoms with Crippen LogP contribution in [0.3, 0.4) is 0 Å². The average Bonchev–Trinajstić information content (AvgIpc) is 3.75. The Morgan fingerprint density at radius 1 is 0.740 bits per heavy atom. The number of rotatable bonds is 15. The van der Waals surface area contributed by atoms with Crippen molar-refractivity contribution in [2.45, 2.75) is 98.8 Å². The number of carboxylic acids is 1. The third kappa shape index (κ3) is 7.91. The highest BCUT2D eigenvalue weighted by molar-refractivity contribution is 5.98. The summed E-state index contributed by atoms with van der Waals surface area (Å²) in [5.41, 5.74) is 14.6. The molecule has 0 spiro atoms. The van der Waals surface area contributed by atoms with Gasteiger partial charge in [0.1, 0.15) is 0 Å². The molecule has 0 atom stereocenters. The molecule has 0 radical (unpaired) electrons. The van der Waals surface area contributed by atoms with Gasteiger partial charge >= 0.3 is 5.97 Å². The number of unbranched alkanes of at least 4 members (excludes halogenated alkanes) is 5. The Kier molecular flexibility index (Phi) is 11.7. The summed E-state index contributed by atoms with van der Waals surface area (Å²) in [6.45, 7) is 19.3. The quantitative estimate of drug-likeness (QED) is 0.120. The largest absolute Gasteiger partial charge is 0.481 e. The summed E-state index contributed by atoms with van der Waals surface area (Å²) in [4.78, 5) is 42.0. The number of carbonyl (C=O) groups is 2. The molecule has 5 rings (SSSR count). The third-order valence-electron chi connectivity index (χ3n) is 10.1. The minimum atomic E-state index is -0.853. The number of fused-ring (bicyclic) bond motifs is 8. The molecule has 8 nitrogen and oxygen atoms in total. The summed E-state index contributed by atoms with van der Waals surface area (Å²) in [6, 6.07) is 8.15. The summed E-state index contributed by atoms with van der Waals surface area (Å²) in [7, 11) is 0. The van der Waals surface area contributed by atoms with Crippen LogP contribution in [0, 0.1) is 13.8 Å². The van der Waals surface area contributed by atoms with E-state index in [0.717, 1.165) is 102 Å². The second kappa shape index (κ2) is 16.2. The number of aromatic nitrogens is 4. The van der Waals surface area contributed by atoms with Crippen LogP contribution in [-0.2, 0) is 16.0 Å². The molecule has 0 aromatic carbocycles. The van der Waals surface area contributed by atoms with Gasteiger partial charge in [0.05, 0.1) is 22.8 Å². The van der Waals surface area contributed by atoms with E-state index in [1.165, 1.54) is 25.7 Å². The Bertz CT molecular complexity index is 2060. The molecular weight excluding hydrogens is 622 g/mol. The number of hydrogen-bond acceptors (Lipinski definition) is 4. The van der Waals surface area contributed by atoms with Crippen molar-refractivity contribution in [3.8, 4) is 0 Å². The Balaban J connectivity index is 1.65. The van der Waals surface area contributed by atoms with E-state index in [-0.39, 0.29) is 12.3 Å². The summed E-state index contributed by atoms with van der Waals surface area (Å²) < 4.78 is 0. The molecule has 8 bridgehead atoms. The van der Waals surface area contributed by atoms with E-state index in [0.29, 0.717) is 25.8 Å². The highest BCUT2D eigenvalue weighted by Crippen LogP contribution is 2.36. The molecule has 1 amide bonds.